The number of hydrogen-bond acceptors (Lipinski definition) is 10. The number of aliphatic hydroxyl groups is 2. The van der Waals surface area contributed by atoms with Crippen molar-refractivity contribution in [3.63, 3.8) is 0 Å². The Morgan fingerprint density at radius 1 is 0.621 bits per heavy atom. The molecule has 0 spiro atoms. The highest BCUT2D eigenvalue weighted by molar-refractivity contribution is 7.45. The van der Waals surface area contributed by atoms with E-state index in [1.807, 2.05) is 33.3 Å². The molecule has 11 nitrogen and oxygen atoms in total. The van der Waals surface area contributed by atoms with Gasteiger partial charge in [0, 0.05) is 12.8 Å². The van der Waals surface area contributed by atoms with Gasteiger partial charge < -0.3 is 38.1 Å². The Balaban J connectivity index is 4.61. The van der Waals surface area contributed by atoms with E-state index in [9.17, 15) is 29.3 Å². The van der Waals surface area contributed by atoms with E-state index in [0.717, 1.165) is 57.8 Å². The molecule has 0 aliphatic heterocycles. The molecule has 0 bridgehead atoms. The first-order chi connectivity index (χ1) is 27.8. The predicted molar refractivity (Wildman–Crippen MR) is 234 cm³/mol. The Morgan fingerprint density at radius 2 is 1.12 bits per heavy atom. The number of aliphatic hydroxyl groups excluding tert-OH is 2. The lowest BCUT2D eigenvalue weighted by molar-refractivity contribution is -0.870. The van der Waals surface area contributed by atoms with Gasteiger partial charge in [0.05, 0.1) is 40.0 Å². The van der Waals surface area contributed by atoms with Crippen LogP contribution in [0.25, 0.3) is 0 Å². The lowest BCUT2D eigenvalue weighted by Gasteiger charge is -2.28. The van der Waals surface area contributed by atoms with Crippen LogP contribution in [0.1, 0.15) is 168 Å². The van der Waals surface area contributed by atoms with E-state index in [-0.39, 0.29) is 32.3 Å². The molecule has 0 aromatic rings. The molecule has 0 aromatic heterocycles. The van der Waals surface area contributed by atoms with Crippen molar-refractivity contribution in [2.24, 2.45) is 0 Å². The average Bonchev–Trinajstić information content (AvgIpc) is 3.17. The van der Waals surface area contributed by atoms with E-state index >= 15 is 0 Å². The third-order valence-electron chi connectivity index (χ3n) is 9.52. The molecule has 3 unspecified atom stereocenters. The molecule has 0 saturated carbocycles. The largest absolute Gasteiger partial charge is 0.756 e. The zero-order valence-electron chi connectivity index (χ0n) is 37.2. The van der Waals surface area contributed by atoms with Crippen molar-refractivity contribution < 1.29 is 52.3 Å². The van der Waals surface area contributed by atoms with Crippen molar-refractivity contribution >= 4 is 19.8 Å². The van der Waals surface area contributed by atoms with Crippen molar-refractivity contribution in [2.75, 3.05) is 47.5 Å². The summed E-state index contributed by atoms with van der Waals surface area (Å²) in [6.07, 6.45) is 35.9. The first-order valence-electron chi connectivity index (χ1n) is 22.5. The summed E-state index contributed by atoms with van der Waals surface area (Å²) in [5.41, 5.74) is 0. The maximum atomic E-state index is 12.7. The van der Waals surface area contributed by atoms with E-state index in [4.69, 9.17) is 18.5 Å². The molecular weight excluding hydrogens is 757 g/mol. The quantitative estimate of drug-likeness (QED) is 0.0201. The number of quaternary nitrogens is 1. The molecule has 12 heteroatoms. The zero-order chi connectivity index (χ0) is 43.2. The molecule has 4 atom stereocenters. The highest BCUT2D eigenvalue weighted by atomic mass is 31.2. The highest BCUT2D eigenvalue weighted by Crippen LogP contribution is 2.38. The number of carbonyl (C=O) groups is 2. The first-order valence-corrected chi connectivity index (χ1v) is 24.0. The summed E-state index contributed by atoms with van der Waals surface area (Å²) < 4.78 is 33.7. The van der Waals surface area contributed by atoms with Crippen LogP contribution in [0.15, 0.2) is 48.6 Å². The molecule has 0 aliphatic rings. The van der Waals surface area contributed by atoms with Crippen molar-refractivity contribution in [1.82, 2.24) is 0 Å². The van der Waals surface area contributed by atoms with Gasteiger partial charge in [-0.3, -0.25) is 14.2 Å². The van der Waals surface area contributed by atoms with Crippen LogP contribution in [-0.4, -0.2) is 92.5 Å². The Hall–Kier alpha value is -2.11. The van der Waals surface area contributed by atoms with E-state index in [0.29, 0.717) is 23.9 Å². The van der Waals surface area contributed by atoms with Gasteiger partial charge in [0.15, 0.2) is 6.10 Å². The molecule has 0 fully saturated rings. The van der Waals surface area contributed by atoms with Gasteiger partial charge >= 0.3 is 11.9 Å². The van der Waals surface area contributed by atoms with Gasteiger partial charge in [-0.2, -0.15) is 0 Å². The van der Waals surface area contributed by atoms with Crippen LogP contribution < -0.4 is 4.89 Å². The molecule has 338 valence electrons. The smallest absolute Gasteiger partial charge is 0.306 e. The summed E-state index contributed by atoms with van der Waals surface area (Å²) in [5.74, 6) is -1.13. The van der Waals surface area contributed by atoms with Crippen LogP contribution in [0.3, 0.4) is 0 Å². The Labute approximate surface area is 353 Å². The number of phosphoric acid groups is 1. The lowest BCUT2D eigenvalue weighted by atomic mass is 10.0. The molecule has 0 heterocycles. The monoisotopic (exact) mass is 842 g/mol. The van der Waals surface area contributed by atoms with Gasteiger partial charge in [0.25, 0.3) is 7.82 Å². The lowest BCUT2D eigenvalue weighted by Crippen LogP contribution is -2.37. The maximum Gasteiger partial charge on any atom is 0.306 e. The number of unbranched alkanes of at least 4 members (excludes halogenated alkanes) is 14. The van der Waals surface area contributed by atoms with Crippen molar-refractivity contribution in [2.45, 2.75) is 186 Å². The fourth-order valence-electron chi connectivity index (χ4n) is 5.81. The number of phosphoric ester groups is 1. The molecule has 0 aromatic carbocycles. The first kappa shape index (κ1) is 55.9. The van der Waals surface area contributed by atoms with E-state index in [1.165, 1.54) is 57.8 Å². The minimum Gasteiger partial charge on any atom is -0.756 e. The second kappa shape index (κ2) is 37.9. The Morgan fingerprint density at radius 3 is 1.74 bits per heavy atom. The maximum absolute atomic E-state index is 12.7. The second-order valence-corrected chi connectivity index (χ2v) is 17.8. The normalized spacial score (nSPS) is 15.1. The number of hydrogen-bond donors (Lipinski definition) is 2. The van der Waals surface area contributed by atoms with Crippen molar-refractivity contribution in [1.29, 1.82) is 0 Å². The number of likely N-dealkylation sites (N-methyl/N-ethyl adjacent to an activating group) is 1. The van der Waals surface area contributed by atoms with Gasteiger partial charge in [0.2, 0.25) is 0 Å². The highest BCUT2D eigenvalue weighted by Gasteiger charge is 2.22. The van der Waals surface area contributed by atoms with E-state index in [2.05, 4.69) is 50.3 Å². The summed E-state index contributed by atoms with van der Waals surface area (Å²) in [4.78, 5) is 37.6. The van der Waals surface area contributed by atoms with Crippen LogP contribution in [0.5, 0.6) is 0 Å². The van der Waals surface area contributed by atoms with Crippen LogP contribution in [0, 0.1) is 0 Å². The van der Waals surface area contributed by atoms with Gasteiger partial charge in [-0.25, -0.2) is 0 Å². The molecule has 0 radical (unpaired) electrons. The van der Waals surface area contributed by atoms with Crippen LogP contribution in [0.4, 0.5) is 0 Å². The van der Waals surface area contributed by atoms with Crippen molar-refractivity contribution in [3.05, 3.63) is 48.6 Å². The minimum atomic E-state index is -4.70. The van der Waals surface area contributed by atoms with Gasteiger partial charge in [-0.05, 0) is 77.0 Å². The average molecular weight is 842 g/mol. The number of esters is 2. The van der Waals surface area contributed by atoms with Crippen LogP contribution in [0.2, 0.25) is 0 Å². The minimum absolute atomic E-state index is 0.0396. The fraction of sp³-hybridized carbons (Fsp3) is 0.783. The van der Waals surface area contributed by atoms with Crippen LogP contribution in [-0.2, 0) is 32.7 Å². The zero-order valence-corrected chi connectivity index (χ0v) is 38.1. The van der Waals surface area contributed by atoms with Gasteiger partial charge in [-0.1, -0.05) is 127 Å². The summed E-state index contributed by atoms with van der Waals surface area (Å²) in [6, 6.07) is 0. The Bertz CT molecular complexity index is 1170. The SMILES string of the molecule is CCCCC/C=C\C/C=C\C/C=C\CC(O)C(O)CCCC(=O)OC[C@H](COP(=O)([O-])OCC[N+](C)(C)C)OC(=O)CCCCCCC/C=C\CCCCCCCC. The summed E-state index contributed by atoms with van der Waals surface area (Å²) in [5, 5.41) is 20.7. The van der Waals surface area contributed by atoms with Crippen molar-refractivity contribution in [3.8, 4) is 0 Å². The predicted octanol–water partition coefficient (Wildman–Crippen LogP) is 10.00. The molecular formula is C46H84NO10P. The van der Waals surface area contributed by atoms with Gasteiger partial charge in [0.1, 0.15) is 19.8 Å². The molecule has 0 saturated heterocycles. The second-order valence-electron chi connectivity index (χ2n) is 16.4. The summed E-state index contributed by atoms with van der Waals surface area (Å²) in [6.45, 7) is 3.84. The summed E-state index contributed by atoms with van der Waals surface area (Å²) >= 11 is 0. The van der Waals surface area contributed by atoms with Gasteiger partial charge in [-0.15, -0.1) is 0 Å². The number of rotatable bonds is 40. The number of allylic oxidation sites excluding steroid dienone is 7. The topological polar surface area (TPSA) is 152 Å². The van der Waals surface area contributed by atoms with E-state index < -0.39 is 51.3 Å². The molecule has 0 aliphatic carbocycles. The fourth-order valence-corrected chi connectivity index (χ4v) is 6.54. The molecule has 0 amide bonds. The standard InChI is InChI=1S/C46H84NO10P/c1-6-8-10-12-14-16-18-20-21-22-24-26-28-30-32-36-46(51)57-42(41-56-58(52,53)55-39-38-47(3,4)5)40-54-45(50)37-33-35-44(49)43(48)34-31-29-27-25-23-19-17-15-13-11-9-7-2/h15,17,20-21,23,25,29,31,42-44,48-49H,6-14,16,18-19,22,24,26-28,30,32-41H2,1-5H3/b17-15-,21-20-,25-23-,31-29-/t42-,43?,44?/m1/s1. The van der Waals surface area contributed by atoms with E-state index in [1.54, 1.807) is 0 Å². The number of carbonyl (C=O) groups excluding carboxylic acids is 2. The number of ether oxygens (including phenoxy) is 2. The summed E-state index contributed by atoms with van der Waals surface area (Å²) in [7, 11) is 1.00. The third kappa shape index (κ3) is 39.4. The molecule has 0 rings (SSSR count). The Kier molecular flexibility index (Phi) is 36.5. The molecule has 2 N–H and O–H groups in total. The third-order valence-corrected chi connectivity index (χ3v) is 10.5. The van der Waals surface area contributed by atoms with Crippen LogP contribution >= 0.6 is 7.82 Å². The molecule has 58 heavy (non-hydrogen) atoms. The number of nitrogens with zero attached hydrogens (tertiary/aromatic N) is 1.